The lowest BCUT2D eigenvalue weighted by Gasteiger charge is -2.15. The fourth-order valence-electron chi connectivity index (χ4n) is 2.01. The molecule has 4 nitrogen and oxygen atoms in total. The van der Waals surface area contributed by atoms with Crippen LogP contribution >= 0.6 is 0 Å². The van der Waals surface area contributed by atoms with Crippen molar-refractivity contribution in [3.8, 4) is 0 Å². The van der Waals surface area contributed by atoms with Crippen molar-refractivity contribution in [2.45, 2.75) is 45.8 Å². The van der Waals surface area contributed by atoms with E-state index in [1.54, 1.807) is 0 Å². The summed E-state index contributed by atoms with van der Waals surface area (Å²) in [6.07, 6.45) is 8.48. The van der Waals surface area contributed by atoms with E-state index in [2.05, 4.69) is 48.8 Å². The molecular formula is C16H25N3OSi. The van der Waals surface area contributed by atoms with Crippen molar-refractivity contribution in [1.29, 1.82) is 0 Å². The number of aromatic nitrogens is 3. The van der Waals surface area contributed by atoms with Crippen LogP contribution in [0.4, 0.5) is 0 Å². The van der Waals surface area contributed by atoms with E-state index in [0.29, 0.717) is 6.73 Å². The summed E-state index contributed by atoms with van der Waals surface area (Å²) >= 11 is 0. The van der Waals surface area contributed by atoms with Gasteiger partial charge in [0.2, 0.25) is 0 Å². The molecule has 114 valence electrons. The van der Waals surface area contributed by atoms with Crippen molar-refractivity contribution in [2.75, 3.05) is 6.61 Å². The van der Waals surface area contributed by atoms with E-state index >= 15 is 0 Å². The van der Waals surface area contributed by atoms with E-state index in [4.69, 9.17) is 4.74 Å². The van der Waals surface area contributed by atoms with Crippen molar-refractivity contribution in [3.05, 3.63) is 47.8 Å². The number of nitrogens with zero attached hydrogens (tertiary/aromatic N) is 3. The first-order valence-corrected chi connectivity index (χ1v) is 11.1. The minimum absolute atomic E-state index is 0.590. The maximum Gasteiger partial charge on any atom is 0.123 e. The SMILES string of the molecule is Cc1cnccc1Cc1cn(COCC[Si](C)(C)C)cn1. The quantitative estimate of drug-likeness (QED) is 0.580. The molecule has 0 aromatic carbocycles. The molecule has 0 saturated carbocycles. The molecule has 5 heteroatoms. The molecule has 0 amide bonds. The molecule has 21 heavy (non-hydrogen) atoms. The zero-order chi connectivity index (χ0) is 15.3. The van der Waals surface area contributed by atoms with Crippen LogP contribution in [0.2, 0.25) is 25.7 Å². The van der Waals surface area contributed by atoms with Gasteiger partial charge in [-0.25, -0.2) is 4.98 Å². The van der Waals surface area contributed by atoms with Crippen LogP contribution in [0.1, 0.15) is 16.8 Å². The maximum absolute atomic E-state index is 5.73. The Morgan fingerprint density at radius 2 is 2.10 bits per heavy atom. The molecule has 0 atom stereocenters. The fourth-order valence-corrected chi connectivity index (χ4v) is 2.77. The molecule has 0 bridgehead atoms. The Kier molecular flexibility index (Phi) is 5.31. The third kappa shape index (κ3) is 5.44. The van der Waals surface area contributed by atoms with Gasteiger partial charge in [-0.1, -0.05) is 19.6 Å². The van der Waals surface area contributed by atoms with Crippen LogP contribution in [0.15, 0.2) is 31.0 Å². The van der Waals surface area contributed by atoms with Gasteiger partial charge in [-0.2, -0.15) is 0 Å². The first kappa shape index (κ1) is 15.9. The Morgan fingerprint density at radius 1 is 1.29 bits per heavy atom. The third-order valence-electron chi connectivity index (χ3n) is 3.43. The minimum atomic E-state index is -1.00. The topological polar surface area (TPSA) is 39.9 Å². The summed E-state index contributed by atoms with van der Waals surface area (Å²) in [5, 5.41) is 0. The van der Waals surface area contributed by atoms with Gasteiger partial charge in [-0.05, 0) is 30.2 Å². The standard InChI is InChI=1S/C16H25N3OSi/c1-14-10-17-6-5-15(14)9-16-11-19(12-18-16)13-20-7-8-21(2,3)4/h5-6,10-12H,7-9,13H2,1-4H3. The highest BCUT2D eigenvalue weighted by Crippen LogP contribution is 2.11. The smallest absolute Gasteiger partial charge is 0.123 e. The van der Waals surface area contributed by atoms with Crippen molar-refractivity contribution in [2.24, 2.45) is 0 Å². The first-order chi connectivity index (χ1) is 9.94. The molecule has 0 aliphatic rings. The molecule has 0 N–H and O–H groups in total. The van der Waals surface area contributed by atoms with Crippen LogP contribution < -0.4 is 0 Å². The van der Waals surface area contributed by atoms with Gasteiger partial charge in [0.15, 0.2) is 0 Å². The zero-order valence-electron chi connectivity index (χ0n) is 13.5. The number of rotatable bonds is 7. The summed E-state index contributed by atoms with van der Waals surface area (Å²) in [4.78, 5) is 8.57. The molecule has 0 fully saturated rings. The molecule has 0 spiro atoms. The second-order valence-electron chi connectivity index (χ2n) is 6.71. The summed E-state index contributed by atoms with van der Waals surface area (Å²) in [7, 11) is -1.00. The van der Waals surface area contributed by atoms with Gasteiger partial charge in [0.1, 0.15) is 6.73 Å². The van der Waals surface area contributed by atoms with Crippen molar-refractivity contribution in [3.63, 3.8) is 0 Å². The Hall–Kier alpha value is -1.46. The van der Waals surface area contributed by atoms with Gasteiger partial charge in [-0.3, -0.25) is 4.98 Å². The van der Waals surface area contributed by atoms with Gasteiger partial charge in [-0.15, -0.1) is 0 Å². The molecule has 2 aromatic rings. The first-order valence-electron chi connectivity index (χ1n) is 7.42. The van der Waals surface area contributed by atoms with E-state index in [0.717, 1.165) is 18.7 Å². The van der Waals surface area contributed by atoms with Crippen LogP contribution in [0.5, 0.6) is 0 Å². The van der Waals surface area contributed by atoms with Crippen LogP contribution in [0, 0.1) is 6.92 Å². The van der Waals surface area contributed by atoms with E-state index in [1.807, 2.05) is 23.3 Å². The maximum atomic E-state index is 5.73. The molecule has 2 aromatic heterocycles. The van der Waals surface area contributed by atoms with Crippen LogP contribution in [0.25, 0.3) is 0 Å². The van der Waals surface area contributed by atoms with Crippen molar-refractivity contribution in [1.82, 2.24) is 14.5 Å². The summed E-state index contributed by atoms with van der Waals surface area (Å²) in [5.41, 5.74) is 3.55. The normalized spacial score (nSPS) is 11.8. The highest BCUT2D eigenvalue weighted by molar-refractivity contribution is 6.76. The van der Waals surface area contributed by atoms with Crippen molar-refractivity contribution < 1.29 is 4.74 Å². The number of pyridine rings is 1. The van der Waals surface area contributed by atoms with E-state index in [9.17, 15) is 0 Å². The molecule has 0 aliphatic heterocycles. The average molecular weight is 303 g/mol. The lowest BCUT2D eigenvalue weighted by molar-refractivity contribution is 0.0871. The van der Waals surface area contributed by atoms with Crippen LogP contribution in [-0.4, -0.2) is 29.2 Å². The molecule has 0 unspecified atom stereocenters. The lowest BCUT2D eigenvalue weighted by atomic mass is 10.1. The molecule has 2 rings (SSSR count). The van der Waals surface area contributed by atoms with Crippen molar-refractivity contribution >= 4 is 8.07 Å². The predicted molar refractivity (Wildman–Crippen MR) is 88.1 cm³/mol. The van der Waals surface area contributed by atoms with Gasteiger partial charge in [0.25, 0.3) is 0 Å². The van der Waals surface area contributed by atoms with Crippen LogP contribution in [-0.2, 0) is 17.9 Å². The van der Waals surface area contributed by atoms with Crippen LogP contribution in [0.3, 0.4) is 0 Å². The van der Waals surface area contributed by atoms with E-state index < -0.39 is 8.07 Å². The molecule has 0 aliphatic carbocycles. The Balaban J connectivity index is 1.83. The summed E-state index contributed by atoms with van der Waals surface area (Å²) in [6, 6.07) is 3.25. The number of hydrogen-bond acceptors (Lipinski definition) is 3. The second-order valence-corrected chi connectivity index (χ2v) is 12.3. The minimum Gasteiger partial charge on any atom is -0.361 e. The van der Waals surface area contributed by atoms with E-state index in [1.165, 1.54) is 17.2 Å². The summed E-state index contributed by atoms with van der Waals surface area (Å²) in [5.74, 6) is 0. The molecule has 0 radical (unpaired) electrons. The third-order valence-corrected chi connectivity index (χ3v) is 5.14. The Morgan fingerprint density at radius 3 is 2.81 bits per heavy atom. The largest absolute Gasteiger partial charge is 0.361 e. The zero-order valence-corrected chi connectivity index (χ0v) is 14.5. The molecular weight excluding hydrogens is 278 g/mol. The predicted octanol–water partition coefficient (Wildman–Crippen LogP) is 3.49. The lowest BCUT2D eigenvalue weighted by Crippen LogP contribution is -2.21. The second kappa shape index (κ2) is 7.00. The molecule has 2 heterocycles. The Labute approximate surface area is 128 Å². The average Bonchev–Trinajstić information content (AvgIpc) is 2.84. The monoisotopic (exact) mass is 303 g/mol. The van der Waals surface area contributed by atoms with Gasteiger partial charge in [0, 0.05) is 39.7 Å². The summed E-state index contributed by atoms with van der Waals surface area (Å²) in [6.45, 7) is 10.6. The van der Waals surface area contributed by atoms with E-state index in [-0.39, 0.29) is 0 Å². The number of imidazole rings is 1. The fraction of sp³-hybridized carbons (Fsp3) is 0.500. The Bertz CT molecular complexity index is 575. The summed E-state index contributed by atoms with van der Waals surface area (Å²) < 4.78 is 7.74. The van der Waals surface area contributed by atoms with Gasteiger partial charge in [0.05, 0.1) is 12.0 Å². The van der Waals surface area contributed by atoms with Gasteiger partial charge < -0.3 is 9.30 Å². The number of hydrogen-bond donors (Lipinski definition) is 0. The number of aryl methyl sites for hydroxylation is 1. The number of ether oxygens (including phenoxy) is 1. The molecule has 0 saturated heterocycles. The highest BCUT2D eigenvalue weighted by atomic mass is 28.3. The highest BCUT2D eigenvalue weighted by Gasteiger charge is 2.12. The van der Waals surface area contributed by atoms with Gasteiger partial charge >= 0.3 is 0 Å².